The van der Waals surface area contributed by atoms with Gasteiger partial charge in [0.15, 0.2) is 0 Å². The maximum Gasteiger partial charge on any atom is 0.326 e. The van der Waals surface area contributed by atoms with Gasteiger partial charge in [0.25, 0.3) is 0 Å². The van der Waals surface area contributed by atoms with Crippen LogP contribution in [0.25, 0.3) is 0 Å². The van der Waals surface area contributed by atoms with Crippen LogP contribution in [-0.2, 0) is 9.59 Å². The molecule has 5 nitrogen and oxygen atoms in total. The lowest BCUT2D eigenvalue weighted by molar-refractivity contribution is -0.154. The molecule has 0 spiro atoms. The van der Waals surface area contributed by atoms with Gasteiger partial charge in [0, 0.05) is 6.54 Å². The number of piperidine rings is 2. The summed E-state index contributed by atoms with van der Waals surface area (Å²) in [4.78, 5) is 25.6. The van der Waals surface area contributed by atoms with E-state index >= 15 is 0 Å². The molecule has 0 aliphatic carbocycles. The predicted molar refractivity (Wildman–Crippen MR) is 71.8 cm³/mol. The first kappa shape index (κ1) is 14.3. The largest absolute Gasteiger partial charge is 0.480 e. The molecular formula is C14H24N2O3. The molecule has 2 rings (SSSR count). The summed E-state index contributed by atoms with van der Waals surface area (Å²) in [5.74, 6) is -0.904. The maximum absolute atomic E-state index is 12.7. The van der Waals surface area contributed by atoms with Gasteiger partial charge < -0.3 is 15.3 Å². The number of aliphatic carboxylic acids is 1. The molecule has 2 atom stereocenters. The molecule has 2 aliphatic heterocycles. The number of hydrogen-bond acceptors (Lipinski definition) is 3. The Hall–Kier alpha value is -1.10. The number of carboxylic acids is 1. The Morgan fingerprint density at radius 1 is 1.26 bits per heavy atom. The first-order chi connectivity index (χ1) is 8.93. The van der Waals surface area contributed by atoms with Crippen LogP contribution in [0.4, 0.5) is 0 Å². The van der Waals surface area contributed by atoms with E-state index in [1.807, 2.05) is 0 Å². The molecule has 19 heavy (non-hydrogen) atoms. The molecule has 2 fully saturated rings. The van der Waals surface area contributed by atoms with Crippen LogP contribution >= 0.6 is 0 Å². The van der Waals surface area contributed by atoms with E-state index in [0.29, 0.717) is 13.0 Å². The van der Waals surface area contributed by atoms with Crippen molar-refractivity contribution in [2.45, 2.75) is 58.0 Å². The second kappa shape index (κ2) is 5.49. The van der Waals surface area contributed by atoms with Gasteiger partial charge in [0.2, 0.25) is 5.91 Å². The van der Waals surface area contributed by atoms with E-state index in [1.165, 1.54) is 0 Å². The van der Waals surface area contributed by atoms with Gasteiger partial charge in [-0.2, -0.15) is 0 Å². The van der Waals surface area contributed by atoms with E-state index in [0.717, 1.165) is 32.2 Å². The van der Waals surface area contributed by atoms with Gasteiger partial charge in [-0.25, -0.2) is 4.79 Å². The van der Waals surface area contributed by atoms with Crippen LogP contribution in [0.1, 0.15) is 46.0 Å². The van der Waals surface area contributed by atoms with Gasteiger partial charge in [-0.3, -0.25) is 4.79 Å². The zero-order valence-electron chi connectivity index (χ0n) is 11.8. The molecule has 0 saturated carbocycles. The number of carbonyl (C=O) groups is 2. The van der Waals surface area contributed by atoms with E-state index in [1.54, 1.807) is 4.90 Å². The van der Waals surface area contributed by atoms with Crippen molar-refractivity contribution in [3.63, 3.8) is 0 Å². The van der Waals surface area contributed by atoms with Crippen molar-refractivity contribution in [3.8, 4) is 0 Å². The van der Waals surface area contributed by atoms with Crippen LogP contribution < -0.4 is 5.32 Å². The standard InChI is InChI=1S/C14H24N2O3/c1-14(2)7-5-8-15-11(14)12(17)16-9-4-3-6-10(16)13(18)19/h10-11,15H,3-9H2,1-2H3,(H,18,19). The molecule has 0 aromatic heterocycles. The second-order valence-electron chi connectivity index (χ2n) is 6.36. The fourth-order valence-corrected chi connectivity index (χ4v) is 3.25. The van der Waals surface area contributed by atoms with Crippen molar-refractivity contribution in [1.82, 2.24) is 10.2 Å². The molecule has 2 unspecified atom stereocenters. The van der Waals surface area contributed by atoms with E-state index in [2.05, 4.69) is 19.2 Å². The van der Waals surface area contributed by atoms with Crippen molar-refractivity contribution in [1.29, 1.82) is 0 Å². The highest BCUT2D eigenvalue weighted by molar-refractivity contribution is 5.88. The quantitative estimate of drug-likeness (QED) is 0.790. The molecular weight excluding hydrogens is 244 g/mol. The molecule has 2 aliphatic rings. The fraction of sp³-hybridized carbons (Fsp3) is 0.857. The molecule has 0 aromatic carbocycles. The van der Waals surface area contributed by atoms with Gasteiger partial charge in [-0.05, 0) is 44.1 Å². The van der Waals surface area contributed by atoms with Gasteiger partial charge in [-0.15, -0.1) is 0 Å². The van der Waals surface area contributed by atoms with Gasteiger partial charge in [-0.1, -0.05) is 13.8 Å². The van der Waals surface area contributed by atoms with Crippen molar-refractivity contribution in [2.24, 2.45) is 5.41 Å². The minimum Gasteiger partial charge on any atom is -0.480 e. The highest BCUT2D eigenvalue weighted by atomic mass is 16.4. The Balaban J connectivity index is 2.14. The molecule has 1 amide bonds. The average molecular weight is 268 g/mol. The van der Waals surface area contributed by atoms with Crippen LogP contribution in [0, 0.1) is 5.41 Å². The van der Waals surface area contributed by atoms with Crippen molar-refractivity contribution in [3.05, 3.63) is 0 Å². The fourth-order valence-electron chi connectivity index (χ4n) is 3.25. The second-order valence-corrected chi connectivity index (χ2v) is 6.36. The van der Waals surface area contributed by atoms with Crippen LogP contribution in [0.5, 0.6) is 0 Å². The van der Waals surface area contributed by atoms with Crippen LogP contribution in [0.3, 0.4) is 0 Å². The van der Waals surface area contributed by atoms with Crippen LogP contribution in [0.2, 0.25) is 0 Å². The minimum absolute atomic E-state index is 0.0307. The van der Waals surface area contributed by atoms with Gasteiger partial charge >= 0.3 is 5.97 Å². The zero-order chi connectivity index (χ0) is 14.0. The monoisotopic (exact) mass is 268 g/mol. The van der Waals surface area contributed by atoms with E-state index < -0.39 is 12.0 Å². The predicted octanol–water partition coefficient (Wildman–Crippen LogP) is 1.23. The Bertz CT molecular complexity index is 368. The summed E-state index contributed by atoms with van der Waals surface area (Å²) >= 11 is 0. The summed E-state index contributed by atoms with van der Waals surface area (Å²) in [6, 6.07) is -0.887. The van der Waals surface area contributed by atoms with Crippen molar-refractivity contribution >= 4 is 11.9 Å². The Morgan fingerprint density at radius 3 is 2.63 bits per heavy atom. The summed E-state index contributed by atoms with van der Waals surface area (Å²) < 4.78 is 0. The number of nitrogens with zero attached hydrogens (tertiary/aromatic N) is 1. The number of rotatable bonds is 2. The molecule has 108 valence electrons. The lowest BCUT2D eigenvalue weighted by Crippen LogP contribution is -2.60. The van der Waals surface area contributed by atoms with E-state index in [4.69, 9.17) is 0 Å². The Morgan fingerprint density at radius 2 is 2.00 bits per heavy atom. The third kappa shape index (κ3) is 2.91. The SMILES string of the molecule is CC1(C)CCCNC1C(=O)N1CCCCC1C(=O)O. The third-order valence-electron chi connectivity index (χ3n) is 4.45. The summed E-state index contributed by atoms with van der Waals surface area (Å²) in [5.41, 5.74) is -0.101. The number of likely N-dealkylation sites (tertiary alicyclic amines) is 1. The molecule has 2 heterocycles. The van der Waals surface area contributed by atoms with Gasteiger partial charge in [0.1, 0.15) is 6.04 Å². The van der Waals surface area contributed by atoms with Crippen LogP contribution in [0.15, 0.2) is 0 Å². The molecule has 5 heteroatoms. The first-order valence-electron chi connectivity index (χ1n) is 7.20. The molecule has 2 N–H and O–H groups in total. The summed E-state index contributed by atoms with van der Waals surface area (Å²) in [6.45, 7) is 5.58. The number of amides is 1. The first-order valence-corrected chi connectivity index (χ1v) is 7.20. The lowest BCUT2D eigenvalue weighted by Gasteiger charge is -2.43. The smallest absolute Gasteiger partial charge is 0.326 e. The van der Waals surface area contributed by atoms with Crippen molar-refractivity contribution in [2.75, 3.05) is 13.1 Å². The van der Waals surface area contributed by atoms with E-state index in [9.17, 15) is 14.7 Å². The third-order valence-corrected chi connectivity index (χ3v) is 4.45. The molecule has 0 bridgehead atoms. The zero-order valence-corrected chi connectivity index (χ0v) is 11.8. The number of carbonyl (C=O) groups excluding carboxylic acids is 1. The molecule has 0 aromatic rings. The van der Waals surface area contributed by atoms with E-state index in [-0.39, 0.29) is 17.4 Å². The highest BCUT2D eigenvalue weighted by Crippen LogP contribution is 2.32. The number of carboxylic acid groups (broad SMARTS) is 1. The molecule has 0 radical (unpaired) electrons. The normalized spacial score (nSPS) is 30.9. The molecule has 2 saturated heterocycles. The lowest BCUT2D eigenvalue weighted by atomic mass is 9.76. The summed E-state index contributed by atoms with van der Waals surface area (Å²) in [5, 5.41) is 12.6. The maximum atomic E-state index is 12.7. The Kier molecular flexibility index (Phi) is 4.13. The average Bonchev–Trinajstić information content (AvgIpc) is 2.37. The number of hydrogen-bond donors (Lipinski definition) is 2. The van der Waals surface area contributed by atoms with Crippen molar-refractivity contribution < 1.29 is 14.7 Å². The highest BCUT2D eigenvalue weighted by Gasteiger charge is 2.42. The minimum atomic E-state index is -0.873. The number of nitrogens with one attached hydrogen (secondary N) is 1. The topological polar surface area (TPSA) is 69.6 Å². The van der Waals surface area contributed by atoms with Crippen LogP contribution in [-0.4, -0.2) is 47.1 Å². The van der Waals surface area contributed by atoms with Gasteiger partial charge in [0.05, 0.1) is 6.04 Å². The Labute approximate surface area is 114 Å². The summed E-state index contributed by atoms with van der Waals surface area (Å²) in [7, 11) is 0. The summed E-state index contributed by atoms with van der Waals surface area (Å²) in [6.07, 6.45) is 4.44.